The van der Waals surface area contributed by atoms with Crippen LogP contribution >= 0.6 is 0 Å². The van der Waals surface area contributed by atoms with Gasteiger partial charge in [0.2, 0.25) is 0 Å². The maximum absolute atomic E-state index is 13.0. The van der Waals surface area contributed by atoms with Crippen molar-refractivity contribution >= 4 is 16.9 Å². The van der Waals surface area contributed by atoms with Crippen LogP contribution in [0.15, 0.2) is 30.5 Å². The first-order valence-corrected chi connectivity index (χ1v) is 5.20. The Bertz CT molecular complexity index is 745. The number of hydrogen-bond donors (Lipinski definition) is 3. The molecule has 0 aliphatic carbocycles. The normalized spacial score (nSPS) is 10.9. The van der Waals surface area contributed by atoms with Gasteiger partial charge in [0.1, 0.15) is 11.5 Å². The number of nitrogens with one attached hydrogen (secondary N) is 2. The largest absolute Gasteiger partial charge is 0.477 e. The summed E-state index contributed by atoms with van der Waals surface area (Å²) in [5, 5.41) is 9.50. The molecule has 0 aliphatic rings. The maximum Gasteiger partial charge on any atom is 0.353 e. The lowest BCUT2D eigenvalue weighted by Crippen LogP contribution is -1.95. The highest BCUT2D eigenvalue weighted by atomic mass is 19.1. The average Bonchev–Trinajstić information content (AvgIpc) is 2.93. The Morgan fingerprint density at radius 1 is 1.28 bits per heavy atom. The minimum atomic E-state index is -1.07. The van der Waals surface area contributed by atoms with Crippen LogP contribution in [-0.4, -0.2) is 26.0 Å². The third kappa shape index (κ3) is 1.64. The molecule has 0 saturated carbocycles. The summed E-state index contributed by atoms with van der Waals surface area (Å²) in [6, 6.07) is 6.09. The van der Waals surface area contributed by atoms with Gasteiger partial charge in [-0.3, -0.25) is 0 Å². The van der Waals surface area contributed by atoms with E-state index < -0.39 is 5.97 Å². The molecule has 0 bridgehead atoms. The van der Waals surface area contributed by atoms with Gasteiger partial charge in [-0.15, -0.1) is 0 Å². The summed E-state index contributed by atoms with van der Waals surface area (Å²) in [6.07, 6.45) is 1.24. The van der Waals surface area contributed by atoms with E-state index in [0.717, 1.165) is 5.52 Å². The van der Waals surface area contributed by atoms with E-state index in [4.69, 9.17) is 5.11 Å². The van der Waals surface area contributed by atoms with Crippen LogP contribution in [-0.2, 0) is 0 Å². The zero-order valence-corrected chi connectivity index (χ0v) is 9.07. The number of H-pyrrole nitrogens is 2. The minimum absolute atomic E-state index is 0.00911. The zero-order valence-electron chi connectivity index (χ0n) is 9.07. The highest BCUT2D eigenvalue weighted by Crippen LogP contribution is 2.22. The molecule has 0 atom stereocenters. The number of carboxylic acids is 1. The molecule has 1 aromatic carbocycles. The van der Waals surface area contributed by atoms with Gasteiger partial charge in [0.25, 0.3) is 0 Å². The van der Waals surface area contributed by atoms with Crippen molar-refractivity contribution in [2.24, 2.45) is 0 Å². The molecule has 2 heterocycles. The third-order valence-corrected chi connectivity index (χ3v) is 2.64. The van der Waals surface area contributed by atoms with E-state index in [1.165, 1.54) is 18.3 Å². The first-order valence-electron chi connectivity index (χ1n) is 5.20. The Balaban J connectivity index is 2.10. The molecule has 0 radical (unpaired) electrons. The van der Waals surface area contributed by atoms with Gasteiger partial charge < -0.3 is 15.1 Å². The minimum Gasteiger partial charge on any atom is -0.477 e. The lowest BCUT2D eigenvalue weighted by atomic mass is 10.2. The summed E-state index contributed by atoms with van der Waals surface area (Å²) < 4.78 is 13.0. The highest BCUT2D eigenvalue weighted by Gasteiger charge is 2.11. The molecule has 5 nitrogen and oxygen atoms in total. The fraction of sp³-hybridized carbons (Fsp3) is 0. The van der Waals surface area contributed by atoms with Gasteiger partial charge in [-0.05, 0) is 24.3 Å². The number of aromatic carboxylic acids is 1. The fourth-order valence-corrected chi connectivity index (χ4v) is 1.80. The van der Waals surface area contributed by atoms with Crippen molar-refractivity contribution in [2.75, 3.05) is 0 Å². The summed E-state index contributed by atoms with van der Waals surface area (Å²) in [5.41, 5.74) is 1.39. The number of aromatic amines is 2. The maximum atomic E-state index is 13.0. The number of halogens is 1. The van der Waals surface area contributed by atoms with Gasteiger partial charge >= 0.3 is 5.97 Å². The molecule has 0 fully saturated rings. The molecular formula is C12H8FN3O2. The second-order valence-electron chi connectivity index (χ2n) is 3.87. The van der Waals surface area contributed by atoms with Gasteiger partial charge in [0.15, 0.2) is 5.82 Å². The number of carboxylic acid groups (broad SMARTS) is 1. The van der Waals surface area contributed by atoms with Crippen LogP contribution in [0.2, 0.25) is 0 Å². The first kappa shape index (κ1) is 10.5. The van der Waals surface area contributed by atoms with E-state index in [9.17, 15) is 9.18 Å². The first-order chi connectivity index (χ1) is 8.63. The smallest absolute Gasteiger partial charge is 0.353 e. The molecule has 3 N–H and O–H groups in total. The van der Waals surface area contributed by atoms with Crippen LogP contribution in [0, 0.1) is 5.82 Å². The van der Waals surface area contributed by atoms with E-state index in [1.807, 2.05) is 0 Å². The molecule has 0 spiro atoms. The number of imidazole rings is 1. The molecular weight excluding hydrogens is 237 g/mol. The Hall–Kier alpha value is -2.63. The Labute approximate surface area is 100 Å². The molecule has 0 aliphatic heterocycles. The zero-order chi connectivity index (χ0) is 12.7. The van der Waals surface area contributed by atoms with Gasteiger partial charge in [-0.2, -0.15) is 0 Å². The fourth-order valence-electron chi connectivity index (χ4n) is 1.80. The Morgan fingerprint density at radius 3 is 2.83 bits per heavy atom. The molecule has 3 rings (SSSR count). The monoisotopic (exact) mass is 245 g/mol. The molecule has 0 saturated heterocycles. The number of aromatic nitrogens is 3. The van der Waals surface area contributed by atoms with Crippen molar-refractivity contribution in [3.05, 3.63) is 42.0 Å². The van der Waals surface area contributed by atoms with Crippen molar-refractivity contribution in [1.29, 1.82) is 0 Å². The van der Waals surface area contributed by atoms with Crippen LogP contribution in [0.4, 0.5) is 4.39 Å². The molecule has 2 aromatic heterocycles. The number of carbonyl (C=O) groups is 1. The van der Waals surface area contributed by atoms with E-state index >= 15 is 0 Å². The van der Waals surface area contributed by atoms with Gasteiger partial charge in [-0.1, -0.05) is 0 Å². The summed E-state index contributed by atoms with van der Waals surface area (Å²) in [4.78, 5) is 20.4. The van der Waals surface area contributed by atoms with Crippen LogP contribution in [0.25, 0.3) is 22.4 Å². The molecule has 18 heavy (non-hydrogen) atoms. The molecule has 3 aromatic rings. The van der Waals surface area contributed by atoms with Gasteiger partial charge in [0, 0.05) is 10.9 Å². The quantitative estimate of drug-likeness (QED) is 0.648. The summed E-state index contributed by atoms with van der Waals surface area (Å²) in [6.45, 7) is 0. The van der Waals surface area contributed by atoms with Crippen LogP contribution in [0.3, 0.4) is 0 Å². The van der Waals surface area contributed by atoms with E-state index in [-0.39, 0.29) is 11.5 Å². The van der Waals surface area contributed by atoms with Gasteiger partial charge in [0.05, 0.1) is 11.9 Å². The van der Waals surface area contributed by atoms with Crippen molar-refractivity contribution in [3.8, 4) is 11.5 Å². The topological polar surface area (TPSA) is 81.8 Å². The highest BCUT2D eigenvalue weighted by molar-refractivity contribution is 5.87. The number of fused-ring (bicyclic) bond motifs is 1. The summed E-state index contributed by atoms with van der Waals surface area (Å²) in [7, 11) is 0. The lowest BCUT2D eigenvalue weighted by Gasteiger charge is -1.90. The van der Waals surface area contributed by atoms with Crippen molar-refractivity contribution in [1.82, 2.24) is 15.0 Å². The third-order valence-electron chi connectivity index (χ3n) is 2.64. The second-order valence-corrected chi connectivity index (χ2v) is 3.87. The lowest BCUT2D eigenvalue weighted by molar-refractivity contribution is 0.0691. The van der Waals surface area contributed by atoms with Crippen molar-refractivity contribution in [3.63, 3.8) is 0 Å². The van der Waals surface area contributed by atoms with E-state index in [0.29, 0.717) is 16.9 Å². The van der Waals surface area contributed by atoms with Crippen molar-refractivity contribution < 1.29 is 14.3 Å². The van der Waals surface area contributed by atoms with Crippen molar-refractivity contribution in [2.45, 2.75) is 0 Å². The predicted molar refractivity (Wildman–Crippen MR) is 62.8 cm³/mol. The predicted octanol–water partition coefficient (Wildman–Crippen LogP) is 2.40. The number of hydrogen-bond acceptors (Lipinski definition) is 2. The van der Waals surface area contributed by atoms with E-state index in [2.05, 4.69) is 15.0 Å². The standard InChI is InChI=1S/C12H8FN3O2/c13-7-1-2-8-6(3-7)4-9(15-8)11-14-5-10(16-11)12(17)18/h1-5,15H,(H,14,16)(H,17,18). The Kier molecular flexibility index (Phi) is 2.16. The number of benzene rings is 1. The molecule has 90 valence electrons. The number of rotatable bonds is 2. The van der Waals surface area contributed by atoms with E-state index in [1.54, 1.807) is 12.1 Å². The Morgan fingerprint density at radius 2 is 2.11 bits per heavy atom. The molecule has 0 amide bonds. The van der Waals surface area contributed by atoms with Crippen LogP contribution in [0.5, 0.6) is 0 Å². The van der Waals surface area contributed by atoms with Crippen LogP contribution < -0.4 is 0 Å². The number of nitrogens with zero attached hydrogens (tertiary/aromatic N) is 1. The summed E-state index contributed by atoms with van der Waals surface area (Å²) in [5.74, 6) is -0.987. The summed E-state index contributed by atoms with van der Waals surface area (Å²) >= 11 is 0. The second kappa shape index (κ2) is 3.69. The molecule has 0 unspecified atom stereocenters. The van der Waals surface area contributed by atoms with Gasteiger partial charge in [-0.25, -0.2) is 14.2 Å². The average molecular weight is 245 g/mol. The van der Waals surface area contributed by atoms with Crippen LogP contribution in [0.1, 0.15) is 10.5 Å². The SMILES string of the molecule is O=C(O)c1cnc(-c2cc3cc(F)ccc3[nH]2)[nH]1. The molecule has 6 heteroatoms.